The van der Waals surface area contributed by atoms with Gasteiger partial charge in [-0.25, -0.2) is 0 Å². The Morgan fingerprint density at radius 1 is 1.20 bits per heavy atom. The SMILES string of the molecule is COC(OC)C(C)NCC(=O)NC(C)C. The molecular formula is C10H22N2O3. The molecule has 2 N–H and O–H groups in total. The highest BCUT2D eigenvalue weighted by Crippen LogP contribution is 1.97. The van der Waals surface area contributed by atoms with Crippen molar-refractivity contribution in [3.05, 3.63) is 0 Å². The van der Waals surface area contributed by atoms with E-state index in [1.165, 1.54) is 0 Å². The van der Waals surface area contributed by atoms with Crippen molar-refractivity contribution < 1.29 is 14.3 Å². The molecule has 0 aliphatic carbocycles. The van der Waals surface area contributed by atoms with Gasteiger partial charge in [-0.2, -0.15) is 0 Å². The van der Waals surface area contributed by atoms with Crippen LogP contribution in [-0.4, -0.2) is 45.0 Å². The average molecular weight is 218 g/mol. The zero-order valence-corrected chi connectivity index (χ0v) is 10.2. The largest absolute Gasteiger partial charge is 0.354 e. The fourth-order valence-corrected chi connectivity index (χ4v) is 1.23. The van der Waals surface area contributed by atoms with Crippen LogP contribution in [0.3, 0.4) is 0 Å². The Hall–Kier alpha value is -0.650. The van der Waals surface area contributed by atoms with Gasteiger partial charge in [0.05, 0.1) is 12.6 Å². The molecule has 0 aromatic rings. The number of amides is 1. The van der Waals surface area contributed by atoms with E-state index in [2.05, 4.69) is 10.6 Å². The van der Waals surface area contributed by atoms with Crippen LogP contribution in [-0.2, 0) is 14.3 Å². The molecule has 5 heteroatoms. The summed E-state index contributed by atoms with van der Waals surface area (Å²) in [4.78, 5) is 11.3. The van der Waals surface area contributed by atoms with E-state index in [4.69, 9.17) is 9.47 Å². The molecule has 0 aliphatic heterocycles. The van der Waals surface area contributed by atoms with Crippen LogP contribution in [0.4, 0.5) is 0 Å². The maximum Gasteiger partial charge on any atom is 0.234 e. The highest BCUT2D eigenvalue weighted by Gasteiger charge is 2.16. The number of carbonyl (C=O) groups excluding carboxylic acids is 1. The molecule has 1 unspecified atom stereocenters. The number of carbonyl (C=O) groups is 1. The summed E-state index contributed by atoms with van der Waals surface area (Å²) in [6, 6.07) is 0.133. The molecule has 0 aliphatic rings. The summed E-state index contributed by atoms with van der Waals surface area (Å²) in [7, 11) is 3.14. The van der Waals surface area contributed by atoms with Crippen LogP contribution in [0.1, 0.15) is 20.8 Å². The molecule has 0 aromatic carbocycles. The van der Waals surface area contributed by atoms with Crippen molar-refractivity contribution in [3.63, 3.8) is 0 Å². The quantitative estimate of drug-likeness (QED) is 0.595. The van der Waals surface area contributed by atoms with Crippen LogP contribution in [0.2, 0.25) is 0 Å². The summed E-state index contributed by atoms with van der Waals surface area (Å²) in [5.74, 6) is -0.0252. The Kier molecular flexibility index (Phi) is 7.29. The second-order valence-corrected chi connectivity index (χ2v) is 3.73. The topological polar surface area (TPSA) is 59.6 Å². The number of nitrogens with one attached hydrogen (secondary N) is 2. The number of hydrogen-bond donors (Lipinski definition) is 2. The first-order chi connectivity index (χ1) is 7.01. The summed E-state index contributed by atoms with van der Waals surface area (Å²) >= 11 is 0. The standard InChI is InChI=1S/C10H22N2O3/c1-7(2)12-9(13)6-11-8(3)10(14-4)15-5/h7-8,10-11H,6H2,1-5H3,(H,12,13). The molecule has 0 heterocycles. The van der Waals surface area contributed by atoms with E-state index in [1.54, 1.807) is 14.2 Å². The van der Waals surface area contributed by atoms with E-state index in [0.29, 0.717) is 0 Å². The number of ether oxygens (including phenoxy) is 2. The molecule has 1 atom stereocenters. The monoisotopic (exact) mass is 218 g/mol. The molecule has 0 radical (unpaired) electrons. The van der Waals surface area contributed by atoms with Gasteiger partial charge in [0, 0.05) is 20.3 Å². The summed E-state index contributed by atoms with van der Waals surface area (Å²) in [6.45, 7) is 6.02. The molecule has 5 nitrogen and oxygen atoms in total. The first-order valence-corrected chi connectivity index (χ1v) is 5.09. The van der Waals surface area contributed by atoms with Crippen LogP contribution in [0.5, 0.6) is 0 Å². The molecule has 0 saturated heterocycles. The Morgan fingerprint density at radius 2 is 1.73 bits per heavy atom. The van der Waals surface area contributed by atoms with Gasteiger partial charge in [0.2, 0.25) is 5.91 Å². The van der Waals surface area contributed by atoms with Crippen LogP contribution in [0.15, 0.2) is 0 Å². The minimum atomic E-state index is -0.336. The molecule has 0 saturated carbocycles. The zero-order valence-electron chi connectivity index (χ0n) is 10.2. The van der Waals surface area contributed by atoms with Gasteiger partial charge in [0.15, 0.2) is 6.29 Å². The van der Waals surface area contributed by atoms with Crippen LogP contribution >= 0.6 is 0 Å². The molecule has 0 fully saturated rings. The predicted molar refractivity (Wildman–Crippen MR) is 58.5 cm³/mol. The van der Waals surface area contributed by atoms with E-state index in [1.807, 2.05) is 20.8 Å². The lowest BCUT2D eigenvalue weighted by molar-refractivity contribution is -0.126. The molecule has 1 amide bonds. The van der Waals surface area contributed by atoms with Crippen molar-refractivity contribution in [1.82, 2.24) is 10.6 Å². The fraction of sp³-hybridized carbons (Fsp3) is 0.900. The maximum absolute atomic E-state index is 11.3. The third-order valence-electron chi connectivity index (χ3n) is 1.91. The Morgan fingerprint density at radius 3 is 2.13 bits per heavy atom. The normalized spacial score (nSPS) is 13.3. The molecule has 90 valence electrons. The first-order valence-electron chi connectivity index (χ1n) is 5.09. The van der Waals surface area contributed by atoms with Crippen LogP contribution < -0.4 is 10.6 Å². The van der Waals surface area contributed by atoms with Gasteiger partial charge in [-0.05, 0) is 20.8 Å². The van der Waals surface area contributed by atoms with Crippen LogP contribution in [0, 0.1) is 0 Å². The smallest absolute Gasteiger partial charge is 0.234 e. The highest BCUT2D eigenvalue weighted by atomic mass is 16.7. The van der Waals surface area contributed by atoms with Gasteiger partial charge in [-0.15, -0.1) is 0 Å². The van der Waals surface area contributed by atoms with E-state index in [9.17, 15) is 4.79 Å². The zero-order chi connectivity index (χ0) is 11.8. The number of rotatable bonds is 7. The number of methoxy groups -OCH3 is 2. The fourth-order valence-electron chi connectivity index (χ4n) is 1.23. The van der Waals surface area contributed by atoms with E-state index in [0.717, 1.165) is 0 Å². The summed E-state index contributed by atoms with van der Waals surface area (Å²) in [6.07, 6.45) is -0.336. The second-order valence-electron chi connectivity index (χ2n) is 3.73. The van der Waals surface area contributed by atoms with E-state index >= 15 is 0 Å². The van der Waals surface area contributed by atoms with E-state index < -0.39 is 0 Å². The van der Waals surface area contributed by atoms with Gasteiger partial charge in [-0.1, -0.05) is 0 Å². The van der Waals surface area contributed by atoms with Gasteiger partial charge >= 0.3 is 0 Å². The second kappa shape index (κ2) is 7.62. The predicted octanol–water partition coefficient (Wildman–Crippen LogP) is 0.108. The number of hydrogen-bond acceptors (Lipinski definition) is 4. The van der Waals surface area contributed by atoms with Gasteiger partial charge in [-0.3, -0.25) is 4.79 Å². The molecule has 0 spiro atoms. The van der Waals surface area contributed by atoms with Crippen molar-refractivity contribution in [2.24, 2.45) is 0 Å². The first kappa shape index (κ1) is 14.3. The van der Waals surface area contributed by atoms with Crippen molar-refractivity contribution in [3.8, 4) is 0 Å². The molecule has 0 aromatic heterocycles. The minimum Gasteiger partial charge on any atom is -0.354 e. The highest BCUT2D eigenvalue weighted by molar-refractivity contribution is 5.78. The Labute approximate surface area is 91.5 Å². The lowest BCUT2D eigenvalue weighted by atomic mass is 10.3. The Bertz CT molecular complexity index is 182. The summed E-state index contributed by atoms with van der Waals surface area (Å²) in [5.41, 5.74) is 0. The summed E-state index contributed by atoms with van der Waals surface area (Å²) in [5, 5.41) is 5.82. The minimum absolute atomic E-state index is 0.0252. The van der Waals surface area contributed by atoms with Crippen LogP contribution in [0.25, 0.3) is 0 Å². The van der Waals surface area contributed by atoms with Crippen molar-refractivity contribution in [2.45, 2.75) is 39.1 Å². The third-order valence-corrected chi connectivity index (χ3v) is 1.91. The van der Waals surface area contributed by atoms with Crippen molar-refractivity contribution in [1.29, 1.82) is 0 Å². The van der Waals surface area contributed by atoms with Crippen molar-refractivity contribution in [2.75, 3.05) is 20.8 Å². The van der Waals surface area contributed by atoms with E-state index in [-0.39, 0.29) is 30.8 Å². The third kappa shape index (κ3) is 6.43. The van der Waals surface area contributed by atoms with Gasteiger partial charge < -0.3 is 20.1 Å². The average Bonchev–Trinajstić information content (AvgIpc) is 2.15. The summed E-state index contributed by atoms with van der Waals surface area (Å²) < 4.78 is 10.1. The Balaban J connectivity index is 3.78. The lowest BCUT2D eigenvalue weighted by Crippen LogP contribution is -2.45. The molecule has 15 heavy (non-hydrogen) atoms. The van der Waals surface area contributed by atoms with Gasteiger partial charge in [0.25, 0.3) is 0 Å². The maximum atomic E-state index is 11.3. The van der Waals surface area contributed by atoms with Gasteiger partial charge in [0.1, 0.15) is 0 Å². The van der Waals surface area contributed by atoms with Crippen molar-refractivity contribution >= 4 is 5.91 Å². The molecular weight excluding hydrogens is 196 g/mol. The lowest BCUT2D eigenvalue weighted by Gasteiger charge is -2.22. The molecule has 0 bridgehead atoms. The molecule has 0 rings (SSSR count).